The van der Waals surface area contributed by atoms with Gasteiger partial charge in [-0.2, -0.15) is 0 Å². The Kier molecular flexibility index (Phi) is 4.92. The number of hydrogen-bond donors (Lipinski definition) is 1. The lowest BCUT2D eigenvalue weighted by molar-refractivity contribution is 0.394. The fraction of sp³-hybridized carbons (Fsp3) is 0.429. The molecule has 0 fully saturated rings. The Hall–Kier alpha value is -1.88. The third-order valence-electron chi connectivity index (χ3n) is 3.09. The maximum absolute atomic E-state index is 5.34. The number of nitrogens with zero attached hydrogens (tertiary/aromatic N) is 2. The summed E-state index contributed by atoms with van der Waals surface area (Å²) < 4.78 is 10.4. The Labute approximate surface area is 113 Å². The third-order valence-corrected chi connectivity index (χ3v) is 3.09. The lowest BCUT2D eigenvalue weighted by atomic mass is 10.0. The zero-order valence-electron chi connectivity index (χ0n) is 11.3. The van der Waals surface area contributed by atoms with Gasteiger partial charge in [-0.25, -0.2) is 9.97 Å². The average Bonchev–Trinajstić information content (AvgIpc) is 2.97. The van der Waals surface area contributed by atoms with Crippen LogP contribution in [0.2, 0.25) is 0 Å². The first-order valence-electron chi connectivity index (χ1n) is 6.36. The number of ether oxygens (including phenoxy) is 1. The third kappa shape index (κ3) is 4.06. The van der Waals surface area contributed by atoms with E-state index in [1.807, 2.05) is 25.2 Å². The zero-order chi connectivity index (χ0) is 13.5. The Morgan fingerprint density at radius 2 is 2.32 bits per heavy atom. The molecule has 0 amide bonds. The number of nitrogens with one attached hydrogen (secondary N) is 1. The average molecular weight is 261 g/mol. The number of rotatable bonds is 7. The minimum absolute atomic E-state index is 0.352. The second-order valence-electron chi connectivity index (χ2n) is 4.36. The SMILES string of the molecule is CNC(CCc1ccco1)Cc1cc(OC)ncn1. The normalized spacial score (nSPS) is 12.3. The molecule has 2 aromatic heterocycles. The predicted molar refractivity (Wildman–Crippen MR) is 72.2 cm³/mol. The summed E-state index contributed by atoms with van der Waals surface area (Å²) in [6.07, 6.45) is 6.00. The van der Waals surface area contributed by atoms with Crippen molar-refractivity contribution in [3.05, 3.63) is 42.2 Å². The van der Waals surface area contributed by atoms with Crippen molar-refractivity contribution in [2.24, 2.45) is 0 Å². The standard InChI is InChI=1S/C14H19N3O2/c1-15-11(5-6-13-4-3-7-19-13)8-12-9-14(18-2)17-10-16-12/h3-4,7,9-11,15H,5-6,8H2,1-2H3. The molecule has 5 nitrogen and oxygen atoms in total. The summed E-state index contributed by atoms with van der Waals surface area (Å²) in [4.78, 5) is 8.27. The van der Waals surface area contributed by atoms with E-state index in [1.54, 1.807) is 13.4 Å². The van der Waals surface area contributed by atoms with Gasteiger partial charge in [0.05, 0.1) is 13.4 Å². The number of likely N-dealkylation sites (N-methyl/N-ethyl adjacent to an activating group) is 1. The van der Waals surface area contributed by atoms with E-state index in [0.717, 1.165) is 30.7 Å². The molecule has 19 heavy (non-hydrogen) atoms. The van der Waals surface area contributed by atoms with E-state index in [0.29, 0.717) is 11.9 Å². The minimum atomic E-state index is 0.352. The van der Waals surface area contributed by atoms with Crippen molar-refractivity contribution in [3.63, 3.8) is 0 Å². The van der Waals surface area contributed by atoms with Gasteiger partial charge in [-0.1, -0.05) is 0 Å². The van der Waals surface area contributed by atoms with Gasteiger partial charge >= 0.3 is 0 Å². The summed E-state index contributed by atoms with van der Waals surface area (Å²) in [6.45, 7) is 0. The van der Waals surface area contributed by atoms with Crippen molar-refractivity contribution in [1.82, 2.24) is 15.3 Å². The fourth-order valence-electron chi connectivity index (χ4n) is 1.97. The van der Waals surface area contributed by atoms with Crippen LogP contribution in [-0.2, 0) is 12.8 Å². The van der Waals surface area contributed by atoms with Crippen LogP contribution in [0.3, 0.4) is 0 Å². The van der Waals surface area contributed by atoms with E-state index in [4.69, 9.17) is 9.15 Å². The van der Waals surface area contributed by atoms with Crippen LogP contribution in [0, 0.1) is 0 Å². The van der Waals surface area contributed by atoms with Crippen molar-refractivity contribution in [1.29, 1.82) is 0 Å². The second-order valence-corrected chi connectivity index (χ2v) is 4.36. The maximum Gasteiger partial charge on any atom is 0.216 e. The molecule has 0 saturated carbocycles. The van der Waals surface area contributed by atoms with Crippen LogP contribution in [0.15, 0.2) is 35.2 Å². The number of aryl methyl sites for hydroxylation is 1. The molecule has 0 aliphatic carbocycles. The summed E-state index contributed by atoms with van der Waals surface area (Å²) in [7, 11) is 3.57. The number of methoxy groups -OCH3 is 1. The molecular weight excluding hydrogens is 242 g/mol. The molecule has 1 N–H and O–H groups in total. The fourth-order valence-corrected chi connectivity index (χ4v) is 1.97. The van der Waals surface area contributed by atoms with Crippen molar-refractivity contribution in [2.75, 3.05) is 14.2 Å². The summed E-state index contributed by atoms with van der Waals surface area (Å²) in [5.41, 5.74) is 0.977. The maximum atomic E-state index is 5.34. The molecule has 1 unspecified atom stereocenters. The molecule has 0 spiro atoms. The van der Waals surface area contributed by atoms with Crippen LogP contribution < -0.4 is 10.1 Å². The van der Waals surface area contributed by atoms with Crippen LogP contribution >= 0.6 is 0 Å². The van der Waals surface area contributed by atoms with Crippen molar-refractivity contribution >= 4 is 0 Å². The molecule has 1 atom stereocenters. The molecule has 0 bridgehead atoms. The topological polar surface area (TPSA) is 60.2 Å². The predicted octanol–water partition coefficient (Wildman–Crippen LogP) is 1.84. The van der Waals surface area contributed by atoms with Gasteiger partial charge in [0.15, 0.2) is 0 Å². The van der Waals surface area contributed by atoms with Crippen LogP contribution in [0.1, 0.15) is 17.9 Å². The lowest BCUT2D eigenvalue weighted by Gasteiger charge is -2.15. The molecule has 0 radical (unpaired) electrons. The van der Waals surface area contributed by atoms with Crippen molar-refractivity contribution in [2.45, 2.75) is 25.3 Å². The van der Waals surface area contributed by atoms with Gasteiger partial charge in [-0.15, -0.1) is 0 Å². The van der Waals surface area contributed by atoms with E-state index in [-0.39, 0.29) is 0 Å². The Morgan fingerprint density at radius 1 is 1.42 bits per heavy atom. The van der Waals surface area contributed by atoms with Crippen molar-refractivity contribution in [3.8, 4) is 5.88 Å². The first kappa shape index (κ1) is 13.5. The van der Waals surface area contributed by atoms with Gasteiger partial charge < -0.3 is 14.5 Å². The van der Waals surface area contributed by atoms with E-state index in [9.17, 15) is 0 Å². The molecule has 2 aromatic rings. The zero-order valence-corrected chi connectivity index (χ0v) is 11.3. The smallest absolute Gasteiger partial charge is 0.216 e. The first-order chi connectivity index (χ1) is 9.31. The molecular formula is C14H19N3O2. The molecule has 102 valence electrons. The molecule has 0 aliphatic rings. The van der Waals surface area contributed by atoms with Crippen LogP contribution in [0.25, 0.3) is 0 Å². The summed E-state index contributed by atoms with van der Waals surface area (Å²) in [6, 6.07) is 6.14. The highest BCUT2D eigenvalue weighted by molar-refractivity contribution is 5.14. The molecule has 0 aliphatic heterocycles. The van der Waals surface area contributed by atoms with Crippen LogP contribution in [0.5, 0.6) is 5.88 Å². The number of furan rings is 1. The second kappa shape index (κ2) is 6.89. The lowest BCUT2D eigenvalue weighted by Crippen LogP contribution is -2.28. The highest BCUT2D eigenvalue weighted by atomic mass is 16.5. The van der Waals surface area contributed by atoms with Gasteiger partial charge in [-0.05, 0) is 25.6 Å². The molecule has 0 aromatic carbocycles. The highest BCUT2D eigenvalue weighted by Gasteiger charge is 2.10. The Bertz CT molecular complexity index is 485. The summed E-state index contributed by atoms with van der Waals surface area (Å²) in [5, 5.41) is 3.31. The highest BCUT2D eigenvalue weighted by Crippen LogP contribution is 2.11. The van der Waals surface area contributed by atoms with Gasteiger partial charge in [-0.3, -0.25) is 0 Å². The van der Waals surface area contributed by atoms with Crippen LogP contribution in [-0.4, -0.2) is 30.2 Å². The summed E-state index contributed by atoms with van der Waals surface area (Å²) in [5.74, 6) is 1.62. The molecule has 2 rings (SSSR count). The number of hydrogen-bond acceptors (Lipinski definition) is 5. The molecule has 2 heterocycles. The summed E-state index contributed by atoms with van der Waals surface area (Å²) >= 11 is 0. The quantitative estimate of drug-likeness (QED) is 0.824. The number of aromatic nitrogens is 2. The van der Waals surface area contributed by atoms with E-state index in [2.05, 4.69) is 15.3 Å². The van der Waals surface area contributed by atoms with Crippen molar-refractivity contribution < 1.29 is 9.15 Å². The Balaban J connectivity index is 1.90. The van der Waals surface area contributed by atoms with Gasteiger partial charge in [0.2, 0.25) is 5.88 Å². The van der Waals surface area contributed by atoms with Gasteiger partial charge in [0, 0.05) is 30.6 Å². The van der Waals surface area contributed by atoms with E-state index < -0.39 is 0 Å². The minimum Gasteiger partial charge on any atom is -0.481 e. The van der Waals surface area contributed by atoms with E-state index in [1.165, 1.54) is 6.33 Å². The largest absolute Gasteiger partial charge is 0.481 e. The first-order valence-corrected chi connectivity index (χ1v) is 6.36. The Morgan fingerprint density at radius 3 is 3.00 bits per heavy atom. The van der Waals surface area contributed by atoms with Gasteiger partial charge in [0.1, 0.15) is 12.1 Å². The molecule has 0 saturated heterocycles. The monoisotopic (exact) mass is 261 g/mol. The molecule has 5 heteroatoms. The van der Waals surface area contributed by atoms with E-state index >= 15 is 0 Å². The van der Waals surface area contributed by atoms with Crippen LogP contribution in [0.4, 0.5) is 0 Å². The van der Waals surface area contributed by atoms with Gasteiger partial charge in [0.25, 0.3) is 0 Å².